The van der Waals surface area contributed by atoms with E-state index in [-0.39, 0.29) is 5.41 Å². The summed E-state index contributed by atoms with van der Waals surface area (Å²) in [4.78, 5) is 0. The van der Waals surface area contributed by atoms with Crippen LogP contribution in [-0.4, -0.2) is 10.7 Å². The molecule has 0 unspecified atom stereocenters. The summed E-state index contributed by atoms with van der Waals surface area (Å²) in [5.41, 5.74) is 0.905. The van der Waals surface area contributed by atoms with Crippen molar-refractivity contribution in [3.63, 3.8) is 0 Å². The van der Waals surface area contributed by atoms with Gasteiger partial charge in [-0.25, -0.2) is 0 Å². The van der Waals surface area contributed by atoms with Crippen molar-refractivity contribution in [2.45, 2.75) is 76.7 Å². The largest absolute Gasteiger partial charge is 0.390 e. The monoisotopic (exact) mass is 338 g/mol. The Morgan fingerprint density at radius 2 is 1.56 bits per heavy atom. The van der Waals surface area contributed by atoms with E-state index in [4.69, 9.17) is 0 Å². The van der Waals surface area contributed by atoms with Crippen molar-refractivity contribution in [3.8, 4) is 0 Å². The van der Waals surface area contributed by atoms with Crippen molar-refractivity contribution < 1.29 is 5.11 Å². The molecule has 0 spiro atoms. The molecule has 1 aromatic carbocycles. The standard InChI is InChI=1S/C24H34O/c1-4-24(25,5-2)19-23(21-11-7-6-8-12-21)17-13-20(14-18-23)22(3)15-9-10-16-22/h6-8,11-14,17-18,20,25H,4-5,9-10,15-16,19H2,1-3H3. The maximum absolute atomic E-state index is 11.1. The Hall–Kier alpha value is -1.34. The molecule has 2 aliphatic carbocycles. The fraction of sp³-hybridized carbons (Fsp3) is 0.583. The van der Waals surface area contributed by atoms with E-state index in [1.807, 2.05) is 0 Å². The number of rotatable bonds is 6. The molecule has 0 atom stereocenters. The van der Waals surface area contributed by atoms with Crippen LogP contribution in [0.3, 0.4) is 0 Å². The summed E-state index contributed by atoms with van der Waals surface area (Å²) in [6.07, 6.45) is 17.4. The van der Waals surface area contributed by atoms with Crippen LogP contribution in [-0.2, 0) is 5.41 Å². The molecule has 2 aliphatic rings. The molecule has 0 saturated heterocycles. The van der Waals surface area contributed by atoms with E-state index in [0.29, 0.717) is 11.3 Å². The summed E-state index contributed by atoms with van der Waals surface area (Å²) in [5.74, 6) is 0.531. The predicted molar refractivity (Wildman–Crippen MR) is 107 cm³/mol. The summed E-state index contributed by atoms with van der Waals surface area (Å²) >= 11 is 0. The van der Waals surface area contributed by atoms with Crippen LogP contribution in [0.1, 0.15) is 71.3 Å². The number of hydrogen-bond acceptors (Lipinski definition) is 1. The Labute approximate surface area is 153 Å². The van der Waals surface area contributed by atoms with Crippen molar-refractivity contribution in [3.05, 3.63) is 60.2 Å². The summed E-state index contributed by atoms with van der Waals surface area (Å²) in [7, 11) is 0. The molecular formula is C24H34O. The Morgan fingerprint density at radius 1 is 1.00 bits per heavy atom. The lowest BCUT2D eigenvalue weighted by Crippen LogP contribution is -2.38. The first kappa shape index (κ1) is 18.5. The maximum atomic E-state index is 11.1. The van der Waals surface area contributed by atoms with Gasteiger partial charge < -0.3 is 5.11 Å². The van der Waals surface area contributed by atoms with Gasteiger partial charge in [0.05, 0.1) is 5.60 Å². The molecule has 1 fully saturated rings. The number of benzene rings is 1. The third kappa shape index (κ3) is 3.62. The molecule has 1 aromatic rings. The highest BCUT2D eigenvalue weighted by molar-refractivity contribution is 5.41. The molecule has 0 radical (unpaired) electrons. The Morgan fingerprint density at radius 3 is 2.08 bits per heavy atom. The van der Waals surface area contributed by atoms with Crippen LogP contribution in [0, 0.1) is 11.3 Å². The van der Waals surface area contributed by atoms with Gasteiger partial charge in [-0.1, -0.05) is 88.2 Å². The van der Waals surface area contributed by atoms with Crippen LogP contribution in [0.25, 0.3) is 0 Å². The predicted octanol–water partition coefficient (Wildman–Crippen LogP) is 6.19. The third-order valence-corrected chi connectivity index (χ3v) is 7.00. The van der Waals surface area contributed by atoms with Crippen LogP contribution in [0.15, 0.2) is 54.6 Å². The highest BCUT2D eigenvalue weighted by atomic mass is 16.3. The summed E-state index contributed by atoms with van der Waals surface area (Å²) in [6, 6.07) is 10.7. The molecule has 1 N–H and O–H groups in total. The normalized spacial score (nSPS) is 28.4. The highest BCUT2D eigenvalue weighted by Crippen LogP contribution is 2.49. The van der Waals surface area contributed by atoms with Crippen molar-refractivity contribution in [1.29, 1.82) is 0 Å². The molecule has 1 saturated carbocycles. The molecule has 136 valence electrons. The molecule has 0 aromatic heterocycles. The quantitative estimate of drug-likeness (QED) is 0.613. The Balaban J connectivity index is 1.93. The van der Waals surface area contributed by atoms with E-state index in [0.717, 1.165) is 19.3 Å². The minimum absolute atomic E-state index is 0.187. The fourth-order valence-electron chi connectivity index (χ4n) is 4.86. The zero-order valence-corrected chi connectivity index (χ0v) is 16.2. The lowest BCUT2D eigenvalue weighted by molar-refractivity contribution is 0.0124. The van der Waals surface area contributed by atoms with Gasteiger partial charge in [0.25, 0.3) is 0 Å². The van der Waals surface area contributed by atoms with E-state index in [9.17, 15) is 5.11 Å². The van der Waals surface area contributed by atoms with E-state index in [1.54, 1.807) is 0 Å². The molecule has 1 nitrogen and oxygen atoms in total. The first-order valence-corrected chi connectivity index (χ1v) is 10.1. The topological polar surface area (TPSA) is 20.2 Å². The lowest BCUT2D eigenvalue weighted by Gasteiger charge is -2.41. The van der Waals surface area contributed by atoms with E-state index in [1.165, 1.54) is 31.2 Å². The summed E-state index contributed by atoms with van der Waals surface area (Å²) in [5, 5.41) is 11.1. The van der Waals surface area contributed by atoms with Crippen LogP contribution in [0.5, 0.6) is 0 Å². The smallest absolute Gasteiger partial charge is 0.0657 e. The van der Waals surface area contributed by atoms with Crippen LogP contribution in [0.4, 0.5) is 0 Å². The summed E-state index contributed by atoms with van der Waals surface area (Å²) in [6.45, 7) is 6.64. The summed E-state index contributed by atoms with van der Waals surface area (Å²) < 4.78 is 0. The minimum Gasteiger partial charge on any atom is -0.390 e. The fourth-order valence-corrected chi connectivity index (χ4v) is 4.86. The second kappa shape index (κ2) is 7.11. The van der Waals surface area contributed by atoms with Crippen molar-refractivity contribution in [1.82, 2.24) is 0 Å². The van der Waals surface area contributed by atoms with Crippen molar-refractivity contribution in [2.24, 2.45) is 11.3 Å². The Bertz CT molecular complexity index is 601. The molecule has 25 heavy (non-hydrogen) atoms. The lowest BCUT2D eigenvalue weighted by atomic mass is 9.65. The van der Waals surface area contributed by atoms with Gasteiger partial charge in [-0.3, -0.25) is 0 Å². The SMILES string of the molecule is CCC(O)(CC)CC1(c2ccccc2)C=CC(C2(C)CCCC2)C=C1. The highest BCUT2D eigenvalue weighted by Gasteiger charge is 2.41. The Kier molecular flexibility index (Phi) is 5.25. The van der Waals surface area contributed by atoms with E-state index in [2.05, 4.69) is 75.4 Å². The molecule has 1 heteroatoms. The first-order valence-electron chi connectivity index (χ1n) is 10.1. The van der Waals surface area contributed by atoms with Crippen LogP contribution >= 0.6 is 0 Å². The molecule has 0 bridgehead atoms. The van der Waals surface area contributed by atoms with Crippen molar-refractivity contribution >= 4 is 0 Å². The van der Waals surface area contributed by atoms with E-state index < -0.39 is 5.60 Å². The molecule has 3 rings (SSSR count). The molecule has 0 amide bonds. The molecular weight excluding hydrogens is 304 g/mol. The zero-order chi connectivity index (χ0) is 18.0. The average Bonchev–Trinajstić information content (AvgIpc) is 3.10. The van der Waals surface area contributed by atoms with E-state index >= 15 is 0 Å². The second-order valence-corrected chi connectivity index (χ2v) is 8.62. The molecule has 0 heterocycles. The third-order valence-electron chi connectivity index (χ3n) is 7.00. The van der Waals surface area contributed by atoms with Gasteiger partial charge in [0.1, 0.15) is 0 Å². The van der Waals surface area contributed by atoms with Crippen molar-refractivity contribution in [2.75, 3.05) is 0 Å². The van der Waals surface area contributed by atoms with Crippen LogP contribution in [0.2, 0.25) is 0 Å². The zero-order valence-electron chi connectivity index (χ0n) is 16.2. The average molecular weight is 339 g/mol. The minimum atomic E-state index is -0.616. The van der Waals surface area contributed by atoms with Gasteiger partial charge in [0.2, 0.25) is 0 Å². The van der Waals surface area contributed by atoms with Gasteiger partial charge in [-0.2, -0.15) is 0 Å². The maximum Gasteiger partial charge on any atom is 0.0657 e. The second-order valence-electron chi connectivity index (χ2n) is 8.62. The first-order chi connectivity index (χ1) is 12.0. The number of hydrogen-bond donors (Lipinski definition) is 1. The van der Waals surface area contributed by atoms with Gasteiger partial charge in [0.15, 0.2) is 0 Å². The number of allylic oxidation sites excluding steroid dienone is 4. The van der Waals surface area contributed by atoms with Gasteiger partial charge >= 0.3 is 0 Å². The van der Waals surface area contributed by atoms with Gasteiger partial charge in [-0.05, 0) is 43.1 Å². The van der Waals surface area contributed by atoms with Gasteiger partial charge in [0, 0.05) is 11.3 Å². The molecule has 0 aliphatic heterocycles. The number of aliphatic hydroxyl groups is 1. The van der Waals surface area contributed by atoms with Crippen LogP contribution < -0.4 is 0 Å². The van der Waals surface area contributed by atoms with Gasteiger partial charge in [-0.15, -0.1) is 0 Å².